The van der Waals surface area contributed by atoms with E-state index in [0.717, 1.165) is 25.7 Å². The van der Waals surface area contributed by atoms with Gasteiger partial charge in [-0.1, -0.05) is 30.2 Å². The Labute approximate surface area is 145 Å². The van der Waals surface area contributed by atoms with Crippen LogP contribution in [-0.4, -0.2) is 36.9 Å². The fourth-order valence-corrected chi connectivity index (χ4v) is 3.28. The average Bonchev–Trinajstić information content (AvgIpc) is 2.98. The Kier molecular flexibility index (Phi) is 5.38. The zero-order valence-corrected chi connectivity index (χ0v) is 14.1. The maximum absolute atomic E-state index is 11.9. The number of para-hydroxylation sites is 1. The van der Waals surface area contributed by atoms with E-state index in [9.17, 15) is 9.59 Å². The van der Waals surface area contributed by atoms with Crippen LogP contribution < -0.4 is 10.6 Å². The van der Waals surface area contributed by atoms with Crippen LogP contribution in [0.2, 0.25) is 5.02 Å². The summed E-state index contributed by atoms with van der Waals surface area (Å²) in [6, 6.07) is 6.75. The molecule has 24 heavy (non-hydrogen) atoms. The summed E-state index contributed by atoms with van der Waals surface area (Å²) in [5, 5.41) is 5.45. The van der Waals surface area contributed by atoms with Crippen molar-refractivity contribution in [3.8, 4) is 0 Å². The highest BCUT2D eigenvalue weighted by atomic mass is 35.5. The van der Waals surface area contributed by atoms with Crippen molar-refractivity contribution >= 4 is 29.1 Å². The molecular formula is C17H21ClN2O4. The first kappa shape index (κ1) is 17.2. The molecule has 1 saturated carbocycles. The van der Waals surface area contributed by atoms with Crippen LogP contribution in [0.3, 0.4) is 0 Å². The van der Waals surface area contributed by atoms with Gasteiger partial charge >= 0.3 is 11.8 Å². The lowest BCUT2D eigenvalue weighted by atomic mass is 9.94. The van der Waals surface area contributed by atoms with Gasteiger partial charge < -0.3 is 20.1 Å². The third-order valence-electron chi connectivity index (χ3n) is 4.35. The number of carbonyl (C=O) groups excluding carboxylic acids is 2. The van der Waals surface area contributed by atoms with Crippen LogP contribution in [-0.2, 0) is 19.1 Å². The van der Waals surface area contributed by atoms with Crippen molar-refractivity contribution in [2.75, 3.05) is 18.5 Å². The monoisotopic (exact) mass is 352 g/mol. The number of halogens is 1. The molecule has 2 N–H and O–H groups in total. The van der Waals surface area contributed by atoms with Crippen molar-refractivity contribution in [1.82, 2.24) is 5.32 Å². The van der Waals surface area contributed by atoms with Crippen LogP contribution >= 0.6 is 11.6 Å². The SMILES string of the molecule is O=C(NC[C@H]1COC2(CCCCC2)O1)C(=O)Nc1ccccc1Cl. The van der Waals surface area contributed by atoms with Gasteiger partial charge in [-0.25, -0.2) is 0 Å². The molecule has 1 atom stereocenters. The number of amides is 2. The molecule has 0 bridgehead atoms. The lowest BCUT2D eigenvalue weighted by molar-refractivity contribution is -0.186. The van der Waals surface area contributed by atoms with E-state index in [-0.39, 0.29) is 12.6 Å². The lowest BCUT2D eigenvalue weighted by Crippen LogP contribution is -2.41. The van der Waals surface area contributed by atoms with E-state index >= 15 is 0 Å². The van der Waals surface area contributed by atoms with Crippen LogP contribution in [0.15, 0.2) is 24.3 Å². The third-order valence-corrected chi connectivity index (χ3v) is 4.68. The molecule has 2 fully saturated rings. The molecule has 3 rings (SSSR count). The molecule has 1 saturated heterocycles. The maximum atomic E-state index is 11.9. The third kappa shape index (κ3) is 4.06. The minimum atomic E-state index is -0.755. The number of benzene rings is 1. The van der Waals surface area contributed by atoms with E-state index in [1.807, 2.05) is 0 Å². The van der Waals surface area contributed by atoms with Crippen LogP contribution in [0.4, 0.5) is 5.69 Å². The topological polar surface area (TPSA) is 76.7 Å². The number of ether oxygens (including phenoxy) is 2. The fourth-order valence-electron chi connectivity index (χ4n) is 3.10. The van der Waals surface area contributed by atoms with E-state index < -0.39 is 17.6 Å². The second-order valence-corrected chi connectivity index (χ2v) is 6.57. The van der Waals surface area contributed by atoms with Gasteiger partial charge in [0.2, 0.25) is 0 Å². The lowest BCUT2D eigenvalue weighted by Gasteiger charge is -2.31. The maximum Gasteiger partial charge on any atom is 0.313 e. The van der Waals surface area contributed by atoms with Crippen molar-refractivity contribution in [3.63, 3.8) is 0 Å². The van der Waals surface area contributed by atoms with Crippen molar-refractivity contribution in [2.45, 2.75) is 44.0 Å². The van der Waals surface area contributed by atoms with Gasteiger partial charge in [0.15, 0.2) is 5.79 Å². The molecule has 2 aliphatic rings. The minimum Gasteiger partial charge on any atom is -0.347 e. The second kappa shape index (κ2) is 7.51. The van der Waals surface area contributed by atoms with Gasteiger partial charge in [-0.3, -0.25) is 9.59 Å². The summed E-state index contributed by atoms with van der Waals surface area (Å²) in [6.45, 7) is 0.683. The van der Waals surface area contributed by atoms with Crippen LogP contribution in [0, 0.1) is 0 Å². The summed E-state index contributed by atoms with van der Waals surface area (Å²) in [7, 11) is 0. The molecule has 1 spiro atoms. The molecule has 0 radical (unpaired) electrons. The summed E-state index contributed by atoms with van der Waals surface area (Å²) in [5.41, 5.74) is 0.404. The zero-order valence-electron chi connectivity index (χ0n) is 13.3. The molecule has 1 heterocycles. The van der Waals surface area contributed by atoms with Gasteiger partial charge in [0.25, 0.3) is 0 Å². The van der Waals surface area contributed by atoms with E-state index in [4.69, 9.17) is 21.1 Å². The van der Waals surface area contributed by atoms with Gasteiger partial charge in [-0.15, -0.1) is 0 Å². The minimum absolute atomic E-state index is 0.222. The van der Waals surface area contributed by atoms with E-state index in [2.05, 4.69) is 10.6 Å². The van der Waals surface area contributed by atoms with Gasteiger partial charge in [0.1, 0.15) is 6.10 Å². The Balaban J connectivity index is 1.46. The normalized spacial score (nSPS) is 22.3. The highest BCUT2D eigenvalue weighted by molar-refractivity contribution is 6.41. The van der Waals surface area contributed by atoms with E-state index in [1.54, 1.807) is 24.3 Å². The van der Waals surface area contributed by atoms with Crippen LogP contribution in [0.25, 0.3) is 0 Å². The molecule has 1 aliphatic carbocycles. The molecule has 1 aliphatic heterocycles. The summed E-state index contributed by atoms with van der Waals surface area (Å²) in [6.07, 6.45) is 4.96. The van der Waals surface area contributed by atoms with Gasteiger partial charge in [0.05, 0.1) is 17.3 Å². The predicted molar refractivity (Wildman–Crippen MR) is 89.7 cm³/mol. The van der Waals surface area contributed by atoms with Crippen molar-refractivity contribution in [3.05, 3.63) is 29.3 Å². The first-order chi connectivity index (χ1) is 11.6. The van der Waals surface area contributed by atoms with E-state index in [0.29, 0.717) is 17.3 Å². The number of rotatable bonds is 3. The van der Waals surface area contributed by atoms with Gasteiger partial charge in [-0.2, -0.15) is 0 Å². The molecule has 2 amide bonds. The highest BCUT2D eigenvalue weighted by Gasteiger charge is 2.42. The quantitative estimate of drug-likeness (QED) is 0.819. The first-order valence-electron chi connectivity index (χ1n) is 8.23. The Bertz CT molecular complexity index is 616. The van der Waals surface area contributed by atoms with Crippen molar-refractivity contribution in [1.29, 1.82) is 0 Å². The number of nitrogens with one attached hydrogen (secondary N) is 2. The number of hydrogen-bond acceptors (Lipinski definition) is 4. The molecular weight excluding hydrogens is 332 g/mol. The Hall–Kier alpha value is -1.63. The van der Waals surface area contributed by atoms with Crippen molar-refractivity contribution < 1.29 is 19.1 Å². The molecule has 7 heteroatoms. The number of hydrogen-bond donors (Lipinski definition) is 2. The first-order valence-corrected chi connectivity index (χ1v) is 8.61. The Morgan fingerprint density at radius 3 is 2.67 bits per heavy atom. The molecule has 6 nitrogen and oxygen atoms in total. The Morgan fingerprint density at radius 2 is 1.92 bits per heavy atom. The van der Waals surface area contributed by atoms with Crippen LogP contribution in [0.1, 0.15) is 32.1 Å². The van der Waals surface area contributed by atoms with Gasteiger partial charge in [-0.05, 0) is 25.0 Å². The number of anilines is 1. The van der Waals surface area contributed by atoms with E-state index in [1.165, 1.54) is 6.42 Å². The average molecular weight is 353 g/mol. The smallest absolute Gasteiger partial charge is 0.313 e. The predicted octanol–water partition coefficient (Wildman–Crippen LogP) is 2.47. The summed E-state index contributed by atoms with van der Waals surface area (Å²) < 4.78 is 11.8. The summed E-state index contributed by atoms with van der Waals surface area (Å²) in [4.78, 5) is 23.8. The standard InChI is InChI=1S/C17H21ClN2O4/c18-13-6-2-3-7-14(13)20-16(22)15(21)19-10-12-11-23-17(24-12)8-4-1-5-9-17/h2-3,6-7,12H,1,4-5,8-11H2,(H,19,21)(H,20,22)/t12-/m0/s1. The molecule has 0 aromatic heterocycles. The molecule has 130 valence electrons. The summed E-state index contributed by atoms with van der Waals surface area (Å²) in [5.74, 6) is -1.95. The van der Waals surface area contributed by atoms with Crippen LogP contribution in [0.5, 0.6) is 0 Å². The zero-order chi connectivity index (χ0) is 17.0. The summed E-state index contributed by atoms with van der Waals surface area (Å²) >= 11 is 5.95. The number of carbonyl (C=O) groups is 2. The largest absolute Gasteiger partial charge is 0.347 e. The fraction of sp³-hybridized carbons (Fsp3) is 0.529. The Morgan fingerprint density at radius 1 is 1.17 bits per heavy atom. The molecule has 1 aromatic carbocycles. The molecule has 1 aromatic rings. The van der Waals surface area contributed by atoms with Gasteiger partial charge in [0, 0.05) is 19.4 Å². The van der Waals surface area contributed by atoms with Crippen molar-refractivity contribution in [2.24, 2.45) is 0 Å². The molecule has 0 unspecified atom stereocenters. The second-order valence-electron chi connectivity index (χ2n) is 6.17. The highest BCUT2D eigenvalue weighted by Crippen LogP contribution is 2.37.